The van der Waals surface area contributed by atoms with Crippen molar-refractivity contribution in [1.29, 1.82) is 0 Å². The number of likely N-dealkylation sites (tertiary alicyclic amines) is 1. The number of anilines is 3. The molecule has 0 spiro atoms. The molecule has 4 N–H and O–H groups in total. The lowest BCUT2D eigenvalue weighted by Crippen LogP contribution is -2.31. The van der Waals surface area contributed by atoms with E-state index < -0.39 is 5.91 Å². The molecule has 11 nitrogen and oxygen atoms in total. The molecule has 36 heavy (non-hydrogen) atoms. The van der Waals surface area contributed by atoms with Gasteiger partial charge in [0, 0.05) is 24.0 Å². The van der Waals surface area contributed by atoms with Gasteiger partial charge in [0.25, 0.3) is 5.91 Å². The standard InChI is InChI=1S/C25H30N8O3/c1-4-19-25(36-18-8-6-7-16(15-18)27-21(34)5-2)30-24(22(28-19)23(26)35)29-20-11-14-33(31-20)17-9-12-32(3)13-10-17/h5-8,11,14-15,17H,2,4,9-10,12-13H2,1,3H3,(H2,26,35)(H,27,34)(H,29,30,31). The first-order valence-corrected chi connectivity index (χ1v) is 11.8. The third kappa shape index (κ3) is 5.87. The molecule has 0 unspecified atom stereocenters. The first kappa shape index (κ1) is 24.9. The lowest BCUT2D eigenvalue weighted by Gasteiger charge is -2.28. The molecular weight excluding hydrogens is 460 g/mol. The van der Waals surface area contributed by atoms with Gasteiger partial charge in [-0.05, 0) is 57.6 Å². The summed E-state index contributed by atoms with van der Waals surface area (Å²) in [6.07, 6.45) is 5.58. The van der Waals surface area contributed by atoms with E-state index in [0.717, 1.165) is 25.9 Å². The number of primary amides is 1. The Morgan fingerprint density at radius 2 is 2.03 bits per heavy atom. The number of piperidine rings is 1. The summed E-state index contributed by atoms with van der Waals surface area (Å²) in [5.41, 5.74) is 6.61. The van der Waals surface area contributed by atoms with Crippen molar-refractivity contribution in [2.24, 2.45) is 5.73 Å². The zero-order valence-electron chi connectivity index (χ0n) is 20.4. The molecule has 1 saturated heterocycles. The van der Waals surface area contributed by atoms with E-state index >= 15 is 0 Å². The summed E-state index contributed by atoms with van der Waals surface area (Å²) in [7, 11) is 2.11. The Morgan fingerprint density at radius 1 is 1.25 bits per heavy atom. The van der Waals surface area contributed by atoms with E-state index in [4.69, 9.17) is 10.5 Å². The minimum Gasteiger partial charge on any atom is -0.437 e. The first-order valence-electron chi connectivity index (χ1n) is 11.8. The molecule has 3 aromatic rings. The summed E-state index contributed by atoms with van der Waals surface area (Å²) in [5.74, 6) is 0.278. The van der Waals surface area contributed by atoms with Crippen LogP contribution in [0.1, 0.15) is 42.0 Å². The second-order valence-corrected chi connectivity index (χ2v) is 8.55. The number of amides is 2. The molecule has 0 saturated carbocycles. The summed E-state index contributed by atoms with van der Waals surface area (Å²) in [6, 6.07) is 8.98. The zero-order chi connectivity index (χ0) is 25.7. The molecule has 1 fully saturated rings. The third-order valence-corrected chi connectivity index (χ3v) is 5.92. The van der Waals surface area contributed by atoms with Gasteiger partial charge in [0.15, 0.2) is 17.3 Å². The van der Waals surface area contributed by atoms with E-state index in [1.54, 1.807) is 24.3 Å². The van der Waals surface area contributed by atoms with Crippen molar-refractivity contribution in [3.8, 4) is 11.6 Å². The van der Waals surface area contributed by atoms with Gasteiger partial charge in [-0.25, -0.2) is 4.98 Å². The predicted molar refractivity (Wildman–Crippen MR) is 137 cm³/mol. The maximum absolute atomic E-state index is 12.2. The van der Waals surface area contributed by atoms with Gasteiger partial charge in [-0.15, -0.1) is 0 Å². The van der Waals surface area contributed by atoms with Crippen molar-refractivity contribution in [2.45, 2.75) is 32.2 Å². The van der Waals surface area contributed by atoms with Crippen LogP contribution in [0.4, 0.5) is 17.3 Å². The topological polar surface area (TPSA) is 140 Å². The SMILES string of the molecule is C=CC(=O)Nc1cccc(Oc2nc(Nc3ccn(C4CCN(C)CC4)n3)c(C(N)=O)nc2CC)c1. The molecule has 0 aliphatic carbocycles. The number of nitrogens with one attached hydrogen (secondary N) is 2. The Balaban J connectivity index is 1.60. The monoisotopic (exact) mass is 490 g/mol. The van der Waals surface area contributed by atoms with Gasteiger partial charge in [-0.2, -0.15) is 10.1 Å². The smallest absolute Gasteiger partial charge is 0.271 e. The normalized spacial score (nSPS) is 14.3. The number of carbonyl (C=O) groups is 2. The van der Waals surface area contributed by atoms with Gasteiger partial charge in [0.05, 0.1) is 6.04 Å². The fraction of sp³-hybridized carbons (Fsp3) is 0.320. The van der Waals surface area contributed by atoms with Crippen molar-refractivity contribution in [2.75, 3.05) is 30.8 Å². The first-order chi connectivity index (χ1) is 17.4. The van der Waals surface area contributed by atoms with Crippen molar-refractivity contribution < 1.29 is 14.3 Å². The lowest BCUT2D eigenvalue weighted by molar-refractivity contribution is -0.111. The number of aromatic nitrogens is 4. The summed E-state index contributed by atoms with van der Waals surface area (Å²) in [4.78, 5) is 35.1. The number of aryl methyl sites for hydroxylation is 1. The molecule has 2 aromatic heterocycles. The Bertz CT molecular complexity index is 1260. The zero-order valence-corrected chi connectivity index (χ0v) is 20.4. The van der Waals surface area contributed by atoms with Crippen molar-refractivity contribution in [3.05, 3.63) is 60.6 Å². The van der Waals surface area contributed by atoms with E-state index in [1.807, 2.05) is 23.9 Å². The minimum absolute atomic E-state index is 0.0000354. The van der Waals surface area contributed by atoms with Crippen LogP contribution in [-0.2, 0) is 11.2 Å². The molecule has 3 heterocycles. The fourth-order valence-electron chi connectivity index (χ4n) is 3.96. The van der Waals surface area contributed by atoms with Gasteiger partial charge in [-0.3, -0.25) is 14.3 Å². The molecule has 188 valence electrons. The highest BCUT2D eigenvalue weighted by Crippen LogP contribution is 2.29. The summed E-state index contributed by atoms with van der Waals surface area (Å²) < 4.78 is 7.94. The van der Waals surface area contributed by atoms with Gasteiger partial charge < -0.3 is 26.0 Å². The van der Waals surface area contributed by atoms with E-state index in [9.17, 15) is 9.59 Å². The Morgan fingerprint density at radius 3 is 2.72 bits per heavy atom. The Labute approximate surface area is 209 Å². The van der Waals surface area contributed by atoms with E-state index in [1.165, 1.54) is 6.08 Å². The maximum atomic E-state index is 12.2. The molecule has 11 heteroatoms. The second kappa shape index (κ2) is 11.0. The largest absolute Gasteiger partial charge is 0.437 e. The summed E-state index contributed by atoms with van der Waals surface area (Å²) >= 11 is 0. The van der Waals surface area contributed by atoms with Crippen LogP contribution in [0.3, 0.4) is 0 Å². The highest BCUT2D eigenvalue weighted by molar-refractivity contribution is 5.99. The van der Waals surface area contributed by atoms with Crippen LogP contribution >= 0.6 is 0 Å². The molecule has 1 aromatic carbocycles. The molecule has 0 bridgehead atoms. The van der Waals surface area contributed by atoms with Crippen molar-refractivity contribution in [3.63, 3.8) is 0 Å². The molecule has 0 radical (unpaired) electrons. The van der Waals surface area contributed by atoms with Crippen molar-refractivity contribution in [1.82, 2.24) is 24.6 Å². The average molecular weight is 491 g/mol. The highest BCUT2D eigenvalue weighted by atomic mass is 16.5. The predicted octanol–water partition coefficient (Wildman–Crippen LogP) is 3.26. The number of benzene rings is 1. The lowest BCUT2D eigenvalue weighted by atomic mass is 10.1. The maximum Gasteiger partial charge on any atom is 0.271 e. The Kier molecular flexibility index (Phi) is 7.59. The highest BCUT2D eigenvalue weighted by Gasteiger charge is 2.21. The molecule has 1 aliphatic heterocycles. The number of nitrogens with zero attached hydrogens (tertiary/aromatic N) is 5. The molecule has 0 atom stereocenters. The molecular formula is C25H30N8O3. The van der Waals surface area contributed by atoms with E-state index in [-0.39, 0.29) is 23.3 Å². The van der Waals surface area contributed by atoms with Gasteiger partial charge in [0.1, 0.15) is 11.4 Å². The van der Waals surface area contributed by atoms with Crippen LogP contribution in [0.5, 0.6) is 11.6 Å². The van der Waals surface area contributed by atoms with Gasteiger partial charge >= 0.3 is 0 Å². The van der Waals surface area contributed by atoms with Gasteiger partial charge in [0.2, 0.25) is 11.8 Å². The van der Waals surface area contributed by atoms with Crippen LogP contribution < -0.4 is 21.1 Å². The summed E-state index contributed by atoms with van der Waals surface area (Å²) in [5, 5.41) is 10.4. The average Bonchev–Trinajstić information content (AvgIpc) is 3.33. The van der Waals surface area contributed by atoms with Crippen LogP contribution in [0.15, 0.2) is 49.2 Å². The Hall–Kier alpha value is -4.25. The van der Waals surface area contributed by atoms with Gasteiger partial charge in [-0.1, -0.05) is 19.6 Å². The number of hydrogen-bond acceptors (Lipinski definition) is 8. The second-order valence-electron chi connectivity index (χ2n) is 8.55. The number of nitrogens with two attached hydrogens (primary N) is 1. The van der Waals surface area contributed by atoms with E-state index in [0.29, 0.717) is 35.4 Å². The van der Waals surface area contributed by atoms with Crippen LogP contribution in [0.2, 0.25) is 0 Å². The molecule has 1 aliphatic rings. The number of hydrogen-bond donors (Lipinski definition) is 3. The quantitative estimate of drug-likeness (QED) is 0.388. The molecule has 2 amide bonds. The van der Waals surface area contributed by atoms with Crippen LogP contribution in [0, 0.1) is 0 Å². The van der Waals surface area contributed by atoms with Crippen molar-refractivity contribution >= 4 is 29.1 Å². The van der Waals surface area contributed by atoms with Crippen LogP contribution in [-0.4, -0.2) is 56.6 Å². The fourth-order valence-corrected chi connectivity index (χ4v) is 3.96. The number of rotatable bonds is 9. The summed E-state index contributed by atoms with van der Waals surface area (Å²) in [6.45, 7) is 7.36. The number of carbonyl (C=O) groups excluding carboxylic acids is 2. The van der Waals surface area contributed by atoms with E-state index in [2.05, 4.69) is 44.2 Å². The number of ether oxygens (including phenoxy) is 1. The van der Waals surface area contributed by atoms with Crippen LogP contribution in [0.25, 0.3) is 0 Å². The minimum atomic E-state index is -0.713. The molecule has 4 rings (SSSR count). The third-order valence-electron chi connectivity index (χ3n) is 5.92.